The van der Waals surface area contributed by atoms with Crippen molar-refractivity contribution in [2.24, 2.45) is 0 Å². The van der Waals surface area contributed by atoms with Crippen molar-refractivity contribution in [3.8, 4) is 5.75 Å². The Bertz CT molecular complexity index is 547. The molecule has 2 aromatic rings. The first kappa shape index (κ1) is 12.6. The third-order valence-corrected chi connectivity index (χ3v) is 3.34. The molecule has 0 aliphatic heterocycles. The second-order valence-corrected chi connectivity index (χ2v) is 4.62. The van der Waals surface area contributed by atoms with Crippen LogP contribution in [0.25, 0.3) is 0 Å². The Morgan fingerprint density at radius 3 is 2.94 bits per heavy atom. The Labute approximate surface area is 109 Å². The zero-order chi connectivity index (χ0) is 13.0. The normalized spacial score (nSPS) is 10.3. The SMILES string of the molecule is COc1cccc(SCc2cc(C(=O)O)co2)c1. The topological polar surface area (TPSA) is 59.7 Å². The van der Waals surface area contributed by atoms with Crippen molar-refractivity contribution in [3.05, 3.63) is 47.9 Å². The summed E-state index contributed by atoms with van der Waals surface area (Å²) >= 11 is 1.56. The highest BCUT2D eigenvalue weighted by Gasteiger charge is 2.08. The lowest BCUT2D eigenvalue weighted by atomic mass is 10.3. The summed E-state index contributed by atoms with van der Waals surface area (Å²) in [4.78, 5) is 11.7. The van der Waals surface area contributed by atoms with E-state index >= 15 is 0 Å². The van der Waals surface area contributed by atoms with Crippen molar-refractivity contribution in [1.29, 1.82) is 0 Å². The first-order chi connectivity index (χ1) is 8.69. The van der Waals surface area contributed by atoms with Gasteiger partial charge in [-0.1, -0.05) is 6.07 Å². The van der Waals surface area contributed by atoms with E-state index in [1.54, 1.807) is 18.9 Å². The van der Waals surface area contributed by atoms with Crippen LogP contribution in [-0.2, 0) is 5.75 Å². The fraction of sp³-hybridized carbons (Fsp3) is 0.154. The van der Waals surface area contributed by atoms with E-state index in [4.69, 9.17) is 14.3 Å². The molecular formula is C13H12O4S. The van der Waals surface area contributed by atoms with Gasteiger partial charge >= 0.3 is 5.97 Å². The number of methoxy groups -OCH3 is 1. The number of ether oxygens (including phenoxy) is 1. The molecule has 0 amide bonds. The van der Waals surface area contributed by atoms with Crippen molar-refractivity contribution in [1.82, 2.24) is 0 Å². The highest BCUT2D eigenvalue weighted by atomic mass is 32.2. The average molecular weight is 264 g/mol. The van der Waals surface area contributed by atoms with E-state index < -0.39 is 5.97 Å². The molecule has 0 unspecified atom stereocenters. The number of carbonyl (C=O) groups is 1. The smallest absolute Gasteiger partial charge is 0.338 e. The minimum Gasteiger partial charge on any atom is -0.497 e. The molecule has 0 saturated carbocycles. The first-order valence-corrected chi connectivity index (χ1v) is 6.25. The molecule has 0 aliphatic carbocycles. The molecule has 1 heterocycles. The lowest BCUT2D eigenvalue weighted by Gasteiger charge is -2.02. The van der Waals surface area contributed by atoms with Crippen LogP contribution in [-0.4, -0.2) is 18.2 Å². The van der Waals surface area contributed by atoms with Crippen LogP contribution in [0.15, 0.2) is 45.9 Å². The largest absolute Gasteiger partial charge is 0.497 e. The molecule has 94 valence electrons. The summed E-state index contributed by atoms with van der Waals surface area (Å²) in [5.41, 5.74) is 0.177. The maximum absolute atomic E-state index is 10.7. The predicted molar refractivity (Wildman–Crippen MR) is 68.2 cm³/mol. The number of benzene rings is 1. The second kappa shape index (κ2) is 5.64. The van der Waals surface area contributed by atoms with Crippen LogP contribution in [0.3, 0.4) is 0 Å². The van der Waals surface area contributed by atoms with E-state index in [0.29, 0.717) is 11.5 Å². The van der Waals surface area contributed by atoms with Gasteiger partial charge in [0.25, 0.3) is 0 Å². The molecular weight excluding hydrogens is 252 g/mol. The van der Waals surface area contributed by atoms with E-state index in [2.05, 4.69) is 0 Å². The average Bonchev–Trinajstić information content (AvgIpc) is 2.85. The summed E-state index contributed by atoms with van der Waals surface area (Å²) in [5, 5.41) is 8.77. The summed E-state index contributed by atoms with van der Waals surface area (Å²) in [6.07, 6.45) is 1.25. The van der Waals surface area contributed by atoms with E-state index in [-0.39, 0.29) is 5.56 Å². The van der Waals surface area contributed by atoms with Crippen LogP contribution in [0, 0.1) is 0 Å². The maximum Gasteiger partial charge on any atom is 0.338 e. The van der Waals surface area contributed by atoms with Gasteiger partial charge < -0.3 is 14.3 Å². The Morgan fingerprint density at radius 2 is 2.28 bits per heavy atom. The fourth-order valence-electron chi connectivity index (χ4n) is 1.41. The van der Waals surface area contributed by atoms with Crippen LogP contribution in [0.1, 0.15) is 16.1 Å². The highest BCUT2D eigenvalue weighted by molar-refractivity contribution is 7.98. The molecule has 18 heavy (non-hydrogen) atoms. The lowest BCUT2D eigenvalue weighted by Crippen LogP contribution is -1.91. The molecule has 4 nitrogen and oxygen atoms in total. The zero-order valence-electron chi connectivity index (χ0n) is 9.75. The van der Waals surface area contributed by atoms with Crippen molar-refractivity contribution in [2.75, 3.05) is 7.11 Å². The molecule has 1 aromatic carbocycles. The Morgan fingerprint density at radius 1 is 1.44 bits per heavy atom. The molecule has 0 bridgehead atoms. The molecule has 0 fully saturated rings. The summed E-state index contributed by atoms with van der Waals surface area (Å²) in [5.74, 6) is 1.04. The van der Waals surface area contributed by atoms with Gasteiger partial charge in [-0.3, -0.25) is 0 Å². The molecule has 0 radical (unpaired) electrons. The van der Waals surface area contributed by atoms with Gasteiger partial charge in [-0.2, -0.15) is 0 Å². The minimum atomic E-state index is -0.976. The number of carboxylic acid groups (broad SMARTS) is 1. The quantitative estimate of drug-likeness (QED) is 0.840. The zero-order valence-corrected chi connectivity index (χ0v) is 10.6. The Kier molecular flexibility index (Phi) is 3.94. The lowest BCUT2D eigenvalue weighted by molar-refractivity contribution is 0.0696. The van der Waals surface area contributed by atoms with Gasteiger partial charge in [0.1, 0.15) is 17.8 Å². The van der Waals surface area contributed by atoms with Gasteiger partial charge in [-0.25, -0.2) is 4.79 Å². The third-order valence-electron chi connectivity index (χ3n) is 2.32. The standard InChI is InChI=1S/C13H12O4S/c1-16-10-3-2-4-12(6-10)18-8-11-5-9(7-17-11)13(14)15/h2-7H,8H2,1H3,(H,14,15). The second-order valence-electron chi connectivity index (χ2n) is 3.57. The molecule has 0 aliphatic rings. The minimum absolute atomic E-state index is 0.177. The summed E-state index contributed by atoms with van der Waals surface area (Å²) in [7, 11) is 1.62. The van der Waals surface area contributed by atoms with Crippen LogP contribution in [0.5, 0.6) is 5.75 Å². The van der Waals surface area contributed by atoms with Gasteiger partial charge in [-0.15, -0.1) is 11.8 Å². The first-order valence-electron chi connectivity index (χ1n) is 5.26. The highest BCUT2D eigenvalue weighted by Crippen LogP contribution is 2.26. The molecule has 0 spiro atoms. The van der Waals surface area contributed by atoms with Crippen molar-refractivity contribution in [3.63, 3.8) is 0 Å². The molecule has 0 atom stereocenters. The maximum atomic E-state index is 10.7. The monoisotopic (exact) mass is 264 g/mol. The van der Waals surface area contributed by atoms with Crippen LogP contribution in [0.4, 0.5) is 0 Å². The van der Waals surface area contributed by atoms with Crippen molar-refractivity contribution < 1.29 is 19.1 Å². The summed E-state index contributed by atoms with van der Waals surface area (Å²) in [6, 6.07) is 9.21. The molecule has 0 saturated heterocycles. The number of aromatic carboxylic acids is 1. The number of rotatable bonds is 5. The van der Waals surface area contributed by atoms with Crippen LogP contribution in [0.2, 0.25) is 0 Å². The van der Waals surface area contributed by atoms with Gasteiger partial charge in [0.2, 0.25) is 0 Å². The van der Waals surface area contributed by atoms with Gasteiger partial charge in [0.15, 0.2) is 0 Å². The number of thioether (sulfide) groups is 1. The van der Waals surface area contributed by atoms with E-state index in [1.165, 1.54) is 12.3 Å². The fourth-order valence-corrected chi connectivity index (χ4v) is 2.25. The summed E-state index contributed by atoms with van der Waals surface area (Å²) < 4.78 is 10.3. The Balaban J connectivity index is 1.99. The number of hydrogen-bond donors (Lipinski definition) is 1. The predicted octanol–water partition coefficient (Wildman–Crippen LogP) is 3.28. The van der Waals surface area contributed by atoms with Crippen LogP contribution < -0.4 is 4.74 Å². The molecule has 2 rings (SSSR count). The van der Waals surface area contributed by atoms with Gasteiger partial charge in [0.05, 0.1) is 18.4 Å². The van der Waals surface area contributed by atoms with E-state index in [9.17, 15) is 4.79 Å². The Hall–Kier alpha value is -1.88. The molecule has 5 heteroatoms. The number of carboxylic acids is 1. The van der Waals surface area contributed by atoms with Gasteiger partial charge in [0, 0.05) is 4.90 Å². The van der Waals surface area contributed by atoms with Gasteiger partial charge in [-0.05, 0) is 24.3 Å². The van der Waals surface area contributed by atoms with Crippen molar-refractivity contribution in [2.45, 2.75) is 10.6 Å². The molecule has 1 N–H and O–H groups in total. The van der Waals surface area contributed by atoms with Crippen LogP contribution >= 0.6 is 11.8 Å². The summed E-state index contributed by atoms with van der Waals surface area (Å²) in [6.45, 7) is 0. The van der Waals surface area contributed by atoms with E-state index in [1.807, 2.05) is 24.3 Å². The number of furan rings is 1. The van der Waals surface area contributed by atoms with E-state index in [0.717, 1.165) is 10.6 Å². The third kappa shape index (κ3) is 3.07. The number of hydrogen-bond acceptors (Lipinski definition) is 4. The van der Waals surface area contributed by atoms with Crippen molar-refractivity contribution >= 4 is 17.7 Å². The molecule has 1 aromatic heterocycles.